The largest absolute Gasteiger partial charge is 0.471 e. The first kappa shape index (κ1) is 28.3. The number of thiazole rings is 1. The van der Waals surface area contributed by atoms with E-state index in [0.717, 1.165) is 25.7 Å². The summed E-state index contributed by atoms with van der Waals surface area (Å²) >= 11 is 1.25. The maximum atomic E-state index is 13.2. The molecule has 3 aromatic rings. The van der Waals surface area contributed by atoms with Gasteiger partial charge in [-0.2, -0.15) is 10.2 Å². The number of amides is 1. The molecule has 0 radical (unpaired) electrons. The van der Waals surface area contributed by atoms with Gasteiger partial charge in [-0.05, 0) is 45.6 Å². The van der Waals surface area contributed by atoms with Gasteiger partial charge in [0.05, 0.1) is 30.6 Å². The summed E-state index contributed by atoms with van der Waals surface area (Å²) in [5, 5.41) is 17.1. The molecule has 14 nitrogen and oxygen atoms in total. The van der Waals surface area contributed by atoms with Gasteiger partial charge in [-0.1, -0.05) is 0 Å². The van der Waals surface area contributed by atoms with Crippen LogP contribution in [0.25, 0.3) is 10.6 Å². The van der Waals surface area contributed by atoms with Crippen LogP contribution < -0.4 is 10.6 Å². The lowest BCUT2D eigenvalue weighted by Gasteiger charge is -2.28. The van der Waals surface area contributed by atoms with Gasteiger partial charge < -0.3 is 25.2 Å². The SMILES string of the molecule is CCOC1CCC(n2cc(NC(=O)c3csc(-c4cnn(C(C)OP(=O)(O)O)c4)n3)c(C3=NCC=CN3)n2)CC1. The Morgan fingerprint density at radius 1 is 1.30 bits per heavy atom. The summed E-state index contributed by atoms with van der Waals surface area (Å²) < 4.78 is 24.8. The fourth-order valence-corrected chi connectivity index (χ4v) is 5.94. The second-order valence-electron chi connectivity index (χ2n) is 9.39. The van der Waals surface area contributed by atoms with E-state index in [1.165, 1.54) is 29.1 Å². The lowest BCUT2D eigenvalue weighted by Crippen LogP contribution is -2.26. The zero-order valence-electron chi connectivity index (χ0n) is 22.0. The van der Waals surface area contributed by atoms with Gasteiger partial charge in [-0.25, -0.2) is 14.2 Å². The van der Waals surface area contributed by atoms with Crippen LogP contribution >= 0.6 is 19.2 Å². The first-order chi connectivity index (χ1) is 19.2. The van der Waals surface area contributed by atoms with E-state index in [1.807, 2.05) is 23.9 Å². The number of phosphoric acid groups is 1. The summed E-state index contributed by atoms with van der Waals surface area (Å²) in [7, 11) is -4.68. The topological polar surface area (TPSA) is 178 Å². The van der Waals surface area contributed by atoms with Crippen LogP contribution in [0.1, 0.15) is 68.0 Å². The highest BCUT2D eigenvalue weighted by atomic mass is 32.1. The van der Waals surface area contributed by atoms with Crippen molar-refractivity contribution in [2.24, 2.45) is 4.99 Å². The smallest absolute Gasteiger partial charge is 0.379 e. The maximum absolute atomic E-state index is 13.2. The van der Waals surface area contributed by atoms with Crippen molar-refractivity contribution in [3.05, 3.63) is 47.6 Å². The fraction of sp³-hybridized carbons (Fsp3) is 0.458. The highest BCUT2D eigenvalue weighted by Gasteiger charge is 2.27. The number of aromatic nitrogens is 5. The third kappa shape index (κ3) is 6.74. The highest BCUT2D eigenvalue weighted by molar-refractivity contribution is 7.46. The summed E-state index contributed by atoms with van der Waals surface area (Å²) in [6, 6.07) is 0.195. The summed E-state index contributed by atoms with van der Waals surface area (Å²) in [6.07, 6.45) is 11.6. The van der Waals surface area contributed by atoms with Crippen molar-refractivity contribution in [3.8, 4) is 10.6 Å². The lowest BCUT2D eigenvalue weighted by atomic mass is 9.93. The minimum absolute atomic E-state index is 0.195. The minimum Gasteiger partial charge on any atom is -0.379 e. The van der Waals surface area contributed by atoms with Gasteiger partial charge >= 0.3 is 7.82 Å². The van der Waals surface area contributed by atoms with E-state index < -0.39 is 20.0 Å². The Kier molecular flexibility index (Phi) is 8.59. The molecule has 1 amide bonds. The number of phosphoric ester groups is 1. The Hall–Kier alpha value is -3.20. The summed E-state index contributed by atoms with van der Waals surface area (Å²) in [4.78, 5) is 40.3. The summed E-state index contributed by atoms with van der Waals surface area (Å²) in [5.41, 5.74) is 1.88. The molecular formula is C24H31N8O6PS. The van der Waals surface area contributed by atoms with E-state index in [2.05, 4.69) is 30.2 Å². The zero-order chi connectivity index (χ0) is 28.3. The van der Waals surface area contributed by atoms with E-state index in [-0.39, 0.29) is 17.8 Å². The Morgan fingerprint density at radius 3 is 2.80 bits per heavy atom. The molecule has 1 atom stereocenters. The molecule has 40 heavy (non-hydrogen) atoms. The van der Waals surface area contributed by atoms with Crippen molar-refractivity contribution < 1.29 is 28.4 Å². The van der Waals surface area contributed by atoms with Gasteiger partial charge in [0.1, 0.15) is 10.7 Å². The molecule has 0 aromatic carbocycles. The number of nitrogens with zero attached hydrogens (tertiary/aromatic N) is 6. The maximum Gasteiger partial charge on any atom is 0.471 e. The average molecular weight is 591 g/mol. The Morgan fingerprint density at radius 2 is 2.10 bits per heavy atom. The number of nitrogens with one attached hydrogen (secondary N) is 2. The van der Waals surface area contributed by atoms with Gasteiger partial charge in [0, 0.05) is 36.1 Å². The number of anilines is 1. The zero-order valence-corrected chi connectivity index (χ0v) is 23.7. The number of amidine groups is 1. The standard InChI is InChI=1S/C24H31N8O6PS/c1-3-37-18-7-5-17(6-8-18)32-13-19(21(30-32)22-25-9-4-10-26-22)28-23(33)20-14-40-24(29-20)16-11-27-31(12-16)15(2)38-39(34,35)36/h4,9,11-15,17-18H,3,5-8,10H2,1-2H3,(H,25,26)(H,28,33)(H2,34,35,36). The number of carbonyl (C=O) groups excluding carboxylic acids is 1. The van der Waals surface area contributed by atoms with E-state index >= 15 is 0 Å². The normalized spacial score (nSPS) is 20.1. The third-order valence-electron chi connectivity index (χ3n) is 6.57. The molecule has 1 aliphatic carbocycles. The van der Waals surface area contributed by atoms with Gasteiger partial charge in [0.2, 0.25) is 0 Å². The molecule has 1 fully saturated rings. The average Bonchev–Trinajstić information content (AvgIpc) is 3.68. The molecule has 5 rings (SSSR count). The number of aliphatic imine (C=N–C) groups is 1. The van der Waals surface area contributed by atoms with Crippen molar-refractivity contribution >= 4 is 36.6 Å². The van der Waals surface area contributed by atoms with Gasteiger partial charge in [-0.15, -0.1) is 11.3 Å². The third-order valence-corrected chi connectivity index (χ3v) is 8.04. The highest BCUT2D eigenvalue weighted by Crippen LogP contribution is 2.40. The van der Waals surface area contributed by atoms with Crippen molar-refractivity contribution in [1.29, 1.82) is 0 Å². The number of carbonyl (C=O) groups is 1. The van der Waals surface area contributed by atoms with Crippen LogP contribution in [0.2, 0.25) is 0 Å². The van der Waals surface area contributed by atoms with E-state index in [9.17, 15) is 9.36 Å². The van der Waals surface area contributed by atoms with E-state index in [1.54, 1.807) is 17.8 Å². The molecule has 4 heterocycles. The molecule has 2 aliphatic rings. The van der Waals surface area contributed by atoms with Gasteiger partial charge in [-0.3, -0.25) is 19.0 Å². The first-order valence-corrected chi connectivity index (χ1v) is 15.3. The second kappa shape index (κ2) is 12.1. The lowest BCUT2D eigenvalue weighted by molar-refractivity contribution is 0.0259. The summed E-state index contributed by atoms with van der Waals surface area (Å²) in [5.74, 6) is 0.179. The van der Waals surface area contributed by atoms with Crippen molar-refractivity contribution in [2.45, 2.75) is 57.9 Å². The minimum atomic E-state index is -4.68. The predicted molar refractivity (Wildman–Crippen MR) is 148 cm³/mol. The van der Waals surface area contributed by atoms with Crippen molar-refractivity contribution in [1.82, 2.24) is 29.9 Å². The quantitative estimate of drug-likeness (QED) is 0.256. The number of hydrogen-bond donors (Lipinski definition) is 4. The Labute approximate surface area is 234 Å². The molecular weight excluding hydrogens is 559 g/mol. The fourth-order valence-electron chi connectivity index (χ4n) is 4.67. The summed E-state index contributed by atoms with van der Waals surface area (Å²) in [6.45, 7) is 4.70. The van der Waals surface area contributed by atoms with Crippen molar-refractivity contribution in [3.63, 3.8) is 0 Å². The molecule has 214 valence electrons. The molecule has 0 spiro atoms. The van der Waals surface area contributed by atoms with Crippen LogP contribution in [-0.4, -0.2) is 65.3 Å². The molecule has 0 saturated heterocycles. The number of rotatable bonds is 10. The van der Waals surface area contributed by atoms with E-state index in [0.29, 0.717) is 40.9 Å². The molecule has 1 saturated carbocycles. The molecule has 1 aliphatic heterocycles. The van der Waals surface area contributed by atoms with Crippen LogP contribution in [0.3, 0.4) is 0 Å². The van der Waals surface area contributed by atoms with Crippen LogP contribution in [0, 0.1) is 0 Å². The van der Waals surface area contributed by atoms with Crippen LogP contribution in [0.15, 0.2) is 41.2 Å². The first-order valence-electron chi connectivity index (χ1n) is 12.9. The Bertz CT molecular complexity index is 1450. The van der Waals surface area contributed by atoms with Gasteiger partial charge in [0.15, 0.2) is 17.8 Å². The second-order valence-corrected chi connectivity index (χ2v) is 11.4. The molecule has 16 heteroatoms. The van der Waals surface area contributed by atoms with Gasteiger partial charge in [0.25, 0.3) is 5.91 Å². The van der Waals surface area contributed by atoms with Crippen molar-refractivity contribution in [2.75, 3.05) is 18.5 Å². The predicted octanol–water partition coefficient (Wildman–Crippen LogP) is 3.47. The number of hydrogen-bond acceptors (Lipinski definition) is 10. The van der Waals surface area contributed by atoms with Crippen LogP contribution in [0.4, 0.5) is 5.69 Å². The molecule has 4 N–H and O–H groups in total. The molecule has 0 bridgehead atoms. The van der Waals surface area contributed by atoms with E-state index in [4.69, 9.17) is 19.6 Å². The molecule has 1 unspecified atom stereocenters. The van der Waals surface area contributed by atoms with Crippen LogP contribution in [0.5, 0.6) is 0 Å². The monoisotopic (exact) mass is 590 g/mol. The van der Waals surface area contributed by atoms with Crippen LogP contribution in [-0.2, 0) is 13.8 Å². The Balaban J connectivity index is 1.32. The number of ether oxygens (including phenoxy) is 1. The molecule has 3 aromatic heterocycles.